The Morgan fingerprint density at radius 2 is 1.44 bits per heavy atom. The molecule has 1 aromatic heterocycles. The molecule has 8 nitrogen and oxygen atoms in total. The predicted octanol–water partition coefficient (Wildman–Crippen LogP) is 9.69. The highest BCUT2D eigenvalue weighted by atomic mass is 32.2. The highest BCUT2D eigenvalue weighted by Gasteiger charge is 2.26. The van der Waals surface area contributed by atoms with Crippen LogP contribution < -0.4 is 5.32 Å². The zero-order valence-electron chi connectivity index (χ0n) is 31.2. The van der Waals surface area contributed by atoms with E-state index in [0.717, 1.165) is 51.5 Å². The molecule has 1 aromatic rings. The van der Waals surface area contributed by atoms with Gasteiger partial charge in [0, 0.05) is 43.4 Å². The van der Waals surface area contributed by atoms with Crippen LogP contribution in [-0.4, -0.2) is 58.2 Å². The molecule has 0 saturated carbocycles. The topological polar surface area (TPSA) is 99.5 Å². The number of thioether (sulfide) groups is 1. The Hall–Kier alpha value is -2.03. The van der Waals surface area contributed by atoms with Gasteiger partial charge in [-0.25, -0.2) is 4.98 Å². The van der Waals surface area contributed by atoms with E-state index in [0.29, 0.717) is 37.0 Å². The van der Waals surface area contributed by atoms with Gasteiger partial charge in [-0.15, -0.1) is 0 Å². The summed E-state index contributed by atoms with van der Waals surface area (Å²) in [5, 5.41) is 2.99. The van der Waals surface area contributed by atoms with Crippen LogP contribution in [0.5, 0.6) is 0 Å². The van der Waals surface area contributed by atoms with Crippen molar-refractivity contribution in [3.63, 3.8) is 0 Å². The number of aryl methyl sites for hydroxylation is 1. The summed E-state index contributed by atoms with van der Waals surface area (Å²) in [5.74, 6) is 0.560. The molecule has 0 aromatic carbocycles. The summed E-state index contributed by atoms with van der Waals surface area (Å²) in [7, 11) is 0. The van der Waals surface area contributed by atoms with E-state index in [1.807, 2.05) is 10.8 Å². The Labute approximate surface area is 298 Å². The smallest absolute Gasteiger partial charge is 0.310 e. The second-order valence-electron chi connectivity index (χ2n) is 13.9. The number of imidazole rings is 1. The van der Waals surface area contributed by atoms with E-state index in [1.54, 1.807) is 12.5 Å². The molecular formula is C39H71N3O5S. The lowest BCUT2D eigenvalue weighted by Crippen LogP contribution is -2.33. The fourth-order valence-electron chi connectivity index (χ4n) is 5.71. The first kappa shape index (κ1) is 44.0. The van der Waals surface area contributed by atoms with Crippen molar-refractivity contribution >= 4 is 29.6 Å². The lowest BCUT2D eigenvalue weighted by molar-refractivity contribution is -0.155. The number of esters is 2. The maximum atomic E-state index is 13.6. The number of hydrogen-bond acceptors (Lipinski definition) is 7. The van der Waals surface area contributed by atoms with Gasteiger partial charge in [0.25, 0.3) is 0 Å². The number of unbranched alkanes of at least 4 members (excludes halogenated alkanes) is 12. The van der Waals surface area contributed by atoms with Crippen molar-refractivity contribution in [2.45, 2.75) is 175 Å². The van der Waals surface area contributed by atoms with Crippen LogP contribution in [0.2, 0.25) is 0 Å². The van der Waals surface area contributed by atoms with Gasteiger partial charge in [0.05, 0.1) is 25.3 Å². The first-order valence-electron chi connectivity index (χ1n) is 19.5. The highest BCUT2D eigenvalue weighted by molar-refractivity contribution is 7.99. The Kier molecular flexibility index (Phi) is 28.4. The third-order valence-corrected chi connectivity index (χ3v) is 9.87. The average Bonchev–Trinajstić information content (AvgIpc) is 3.59. The number of nitrogens with zero attached hydrogens (tertiary/aromatic N) is 2. The minimum Gasteiger partial charge on any atom is -0.466 e. The molecule has 0 aliphatic heterocycles. The highest BCUT2D eigenvalue weighted by Crippen LogP contribution is 2.21. The summed E-state index contributed by atoms with van der Waals surface area (Å²) in [5.41, 5.74) is 0. The summed E-state index contributed by atoms with van der Waals surface area (Å²) < 4.78 is 13.6. The van der Waals surface area contributed by atoms with E-state index in [1.165, 1.54) is 88.8 Å². The third kappa shape index (κ3) is 25.9. The van der Waals surface area contributed by atoms with Gasteiger partial charge in [0.15, 0.2) is 0 Å². The first-order valence-corrected chi connectivity index (χ1v) is 20.7. The fourth-order valence-corrected chi connectivity index (χ4v) is 6.73. The molecule has 1 N–H and O–H groups in total. The molecule has 1 rings (SSSR count). The normalized spacial score (nSPS) is 12.0. The molecular weight excluding hydrogens is 623 g/mol. The monoisotopic (exact) mass is 694 g/mol. The Balaban J connectivity index is 2.65. The maximum absolute atomic E-state index is 13.6. The molecule has 0 fully saturated rings. The number of ether oxygens (including phenoxy) is 2. The van der Waals surface area contributed by atoms with Crippen LogP contribution in [-0.2, 0) is 30.4 Å². The third-order valence-electron chi connectivity index (χ3n) is 8.74. The molecule has 278 valence electrons. The number of nitrogens with one attached hydrogen (secondary N) is 1. The van der Waals surface area contributed by atoms with Gasteiger partial charge in [0.1, 0.15) is 6.10 Å². The van der Waals surface area contributed by atoms with Crippen molar-refractivity contribution < 1.29 is 23.9 Å². The predicted molar refractivity (Wildman–Crippen MR) is 200 cm³/mol. The Morgan fingerprint density at radius 1 is 0.812 bits per heavy atom. The Morgan fingerprint density at radius 3 is 2.06 bits per heavy atom. The number of hydrogen-bond donors (Lipinski definition) is 1. The van der Waals surface area contributed by atoms with Crippen LogP contribution >= 0.6 is 11.8 Å². The average molecular weight is 694 g/mol. The van der Waals surface area contributed by atoms with E-state index < -0.39 is 5.92 Å². The fraction of sp³-hybridized carbons (Fsp3) is 0.846. The molecule has 0 bridgehead atoms. The molecule has 1 unspecified atom stereocenters. The zero-order valence-corrected chi connectivity index (χ0v) is 32.0. The SMILES string of the molecule is CCCCCCCCC(CCCCCCCC)OC(=O)C(CSCCC(=O)OCCCCCC(C)C)CC(=O)NCCCn1ccnc1. The molecule has 48 heavy (non-hydrogen) atoms. The molecule has 0 spiro atoms. The zero-order chi connectivity index (χ0) is 35.1. The summed E-state index contributed by atoms with van der Waals surface area (Å²) in [6.45, 7) is 10.7. The van der Waals surface area contributed by atoms with E-state index in [2.05, 4.69) is 38.0 Å². The van der Waals surface area contributed by atoms with E-state index in [9.17, 15) is 14.4 Å². The molecule has 9 heteroatoms. The first-order chi connectivity index (χ1) is 23.3. The largest absolute Gasteiger partial charge is 0.466 e. The van der Waals surface area contributed by atoms with Gasteiger partial charge < -0.3 is 19.4 Å². The molecule has 1 atom stereocenters. The quantitative estimate of drug-likeness (QED) is 0.0578. The minimum absolute atomic E-state index is 0.0957. The second kappa shape index (κ2) is 31.0. The van der Waals surface area contributed by atoms with E-state index in [4.69, 9.17) is 9.47 Å². The van der Waals surface area contributed by atoms with Gasteiger partial charge in [-0.1, -0.05) is 111 Å². The van der Waals surface area contributed by atoms with Crippen molar-refractivity contribution in [3.05, 3.63) is 18.7 Å². The van der Waals surface area contributed by atoms with Crippen LogP contribution in [0.25, 0.3) is 0 Å². The molecule has 1 amide bonds. The van der Waals surface area contributed by atoms with Crippen LogP contribution in [0.4, 0.5) is 0 Å². The van der Waals surface area contributed by atoms with Gasteiger partial charge in [-0.05, 0) is 44.4 Å². The van der Waals surface area contributed by atoms with Gasteiger partial charge >= 0.3 is 11.9 Å². The van der Waals surface area contributed by atoms with Gasteiger partial charge in [0.2, 0.25) is 5.91 Å². The van der Waals surface area contributed by atoms with Crippen LogP contribution in [0, 0.1) is 11.8 Å². The van der Waals surface area contributed by atoms with Crippen molar-refractivity contribution in [1.82, 2.24) is 14.9 Å². The number of aromatic nitrogens is 2. The summed E-state index contributed by atoms with van der Waals surface area (Å²) in [6.07, 6.45) is 27.1. The van der Waals surface area contributed by atoms with E-state index >= 15 is 0 Å². The summed E-state index contributed by atoms with van der Waals surface area (Å²) >= 11 is 1.53. The second-order valence-corrected chi connectivity index (χ2v) is 15.0. The number of carbonyl (C=O) groups is 3. The molecule has 1 heterocycles. The van der Waals surface area contributed by atoms with Crippen molar-refractivity contribution in [1.29, 1.82) is 0 Å². The number of carbonyl (C=O) groups excluding carboxylic acids is 3. The standard InChI is InChI=1S/C39H71N3O5S/c1-5-7-9-11-13-17-22-36(23-18-14-12-10-8-6-2)47-39(45)35(31-37(43)41-25-20-27-42-28-26-40-33-42)32-48-30-24-38(44)46-29-19-15-16-21-34(3)4/h26,28,33-36H,5-25,27,29-32H2,1-4H3,(H,41,43). The Bertz CT molecular complexity index is 895. The van der Waals surface area contributed by atoms with Crippen molar-refractivity contribution in [2.24, 2.45) is 11.8 Å². The molecule has 0 aliphatic rings. The summed E-state index contributed by atoms with van der Waals surface area (Å²) in [6, 6.07) is 0. The molecule has 0 saturated heterocycles. The van der Waals surface area contributed by atoms with Gasteiger partial charge in [-0.3, -0.25) is 14.4 Å². The maximum Gasteiger partial charge on any atom is 0.310 e. The van der Waals surface area contributed by atoms with Gasteiger partial charge in [-0.2, -0.15) is 11.8 Å². The lowest BCUT2D eigenvalue weighted by atomic mass is 10.0. The molecule has 0 radical (unpaired) electrons. The lowest BCUT2D eigenvalue weighted by Gasteiger charge is -2.22. The van der Waals surface area contributed by atoms with Crippen LogP contribution in [0.1, 0.15) is 163 Å². The minimum atomic E-state index is -0.544. The van der Waals surface area contributed by atoms with Crippen LogP contribution in [0.3, 0.4) is 0 Å². The van der Waals surface area contributed by atoms with Crippen LogP contribution in [0.15, 0.2) is 18.7 Å². The van der Waals surface area contributed by atoms with Crippen molar-refractivity contribution in [2.75, 3.05) is 24.7 Å². The molecule has 0 aliphatic carbocycles. The number of rotatable bonds is 33. The number of amides is 1. The van der Waals surface area contributed by atoms with Crippen molar-refractivity contribution in [3.8, 4) is 0 Å². The van der Waals surface area contributed by atoms with E-state index in [-0.39, 0.29) is 30.4 Å². The summed E-state index contributed by atoms with van der Waals surface area (Å²) in [4.78, 5) is 42.9.